The van der Waals surface area contributed by atoms with Crippen LogP contribution in [0.4, 0.5) is 4.39 Å². The first-order valence-corrected chi connectivity index (χ1v) is 9.10. The molecule has 0 aromatic heterocycles. The van der Waals surface area contributed by atoms with E-state index in [1.54, 1.807) is 12.1 Å². The Bertz CT molecular complexity index is 928. The van der Waals surface area contributed by atoms with Crippen molar-refractivity contribution in [1.29, 1.82) is 0 Å². The van der Waals surface area contributed by atoms with Gasteiger partial charge in [0.1, 0.15) is 10.7 Å². The molecule has 0 fully saturated rings. The molecule has 0 saturated carbocycles. The second-order valence-corrected chi connectivity index (χ2v) is 6.99. The number of halogens is 2. The highest BCUT2D eigenvalue weighted by Gasteiger charge is 2.16. The molecule has 3 N–H and O–H groups in total. The molecule has 132 valence electrons. The molecule has 0 radical (unpaired) electrons. The highest BCUT2D eigenvalue weighted by Crippen LogP contribution is 2.21. The topological polar surface area (TPSA) is 102 Å². The molecule has 0 bridgehead atoms. The van der Waals surface area contributed by atoms with Gasteiger partial charge in [0.05, 0.1) is 10.7 Å². The van der Waals surface area contributed by atoms with Crippen molar-refractivity contribution in [2.24, 2.45) is 10.2 Å². The van der Waals surface area contributed by atoms with E-state index in [-0.39, 0.29) is 21.3 Å². The normalized spacial score (nSPS) is 12.1. The summed E-state index contributed by atoms with van der Waals surface area (Å²) in [6.45, 7) is 1.83. The summed E-state index contributed by atoms with van der Waals surface area (Å²) in [6, 6.07) is 9.37. The largest absolute Gasteiger partial charge is 0.271 e. The monoisotopic (exact) mass is 383 g/mol. The van der Waals surface area contributed by atoms with Crippen molar-refractivity contribution >= 4 is 33.2 Å². The number of benzene rings is 2. The third-order valence-electron chi connectivity index (χ3n) is 3.30. The molecule has 0 aliphatic heterocycles. The summed E-state index contributed by atoms with van der Waals surface area (Å²) in [5.41, 5.74) is 3.57. The van der Waals surface area contributed by atoms with Crippen molar-refractivity contribution < 1.29 is 17.6 Å². The molecule has 1 amide bonds. The first-order chi connectivity index (χ1) is 11.7. The molecule has 2 aromatic rings. The Morgan fingerprint density at radius 3 is 2.36 bits per heavy atom. The Labute approximate surface area is 149 Å². The summed E-state index contributed by atoms with van der Waals surface area (Å²) >= 11 is 5.78. The van der Waals surface area contributed by atoms with Crippen molar-refractivity contribution in [3.8, 4) is 0 Å². The molecule has 0 unspecified atom stereocenters. The average molecular weight is 384 g/mol. The van der Waals surface area contributed by atoms with Gasteiger partial charge in [-0.1, -0.05) is 30.7 Å². The standard InChI is InChI=1S/C16H15ClFN3O3S/c1-2-14(10-3-6-12(18)7-4-10)20-21-16(22)11-5-8-13(17)15(9-11)25(19,23)24/h3-9H,2H2,1H3,(H,21,22)(H2,19,23,24)/b20-14-. The van der Waals surface area contributed by atoms with E-state index in [1.165, 1.54) is 24.3 Å². The number of carbonyl (C=O) groups excluding carboxylic acids is 1. The third-order valence-corrected chi connectivity index (χ3v) is 4.70. The van der Waals surface area contributed by atoms with Crippen LogP contribution in [-0.4, -0.2) is 20.0 Å². The van der Waals surface area contributed by atoms with Crippen LogP contribution in [0, 0.1) is 5.82 Å². The zero-order chi connectivity index (χ0) is 18.6. The highest BCUT2D eigenvalue weighted by molar-refractivity contribution is 7.89. The minimum absolute atomic E-state index is 0.0340. The molecule has 0 saturated heterocycles. The van der Waals surface area contributed by atoms with Crippen molar-refractivity contribution in [1.82, 2.24) is 5.43 Å². The molecule has 6 nitrogen and oxygen atoms in total. The maximum Gasteiger partial charge on any atom is 0.271 e. The summed E-state index contributed by atoms with van der Waals surface area (Å²) in [6.07, 6.45) is 0.495. The number of sulfonamides is 1. The molecule has 0 heterocycles. The lowest BCUT2D eigenvalue weighted by Gasteiger charge is -2.07. The number of hydrogen-bond donors (Lipinski definition) is 2. The van der Waals surface area contributed by atoms with Gasteiger partial charge in [0.2, 0.25) is 10.0 Å². The molecule has 0 spiro atoms. The number of amides is 1. The van der Waals surface area contributed by atoms with Crippen molar-refractivity contribution in [3.63, 3.8) is 0 Å². The van der Waals surface area contributed by atoms with Gasteiger partial charge >= 0.3 is 0 Å². The van der Waals surface area contributed by atoms with Gasteiger partial charge in [-0.3, -0.25) is 4.79 Å². The molecule has 2 rings (SSSR count). The van der Waals surface area contributed by atoms with E-state index in [9.17, 15) is 17.6 Å². The number of hydrogen-bond acceptors (Lipinski definition) is 4. The van der Waals surface area contributed by atoms with E-state index in [1.807, 2.05) is 6.92 Å². The fraction of sp³-hybridized carbons (Fsp3) is 0.125. The van der Waals surface area contributed by atoms with Crippen LogP contribution in [0.3, 0.4) is 0 Å². The van der Waals surface area contributed by atoms with Gasteiger partial charge in [0, 0.05) is 5.56 Å². The summed E-state index contributed by atoms with van der Waals surface area (Å²) in [5.74, 6) is -1.01. The van der Waals surface area contributed by atoms with Crippen LogP contribution in [0.2, 0.25) is 5.02 Å². The van der Waals surface area contributed by atoms with Gasteiger partial charge in [0.25, 0.3) is 5.91 Å². The fourth-order valence-electron chi connectivity index (χ4n) is 2.04. The maximum atomic E-state index is 13.0. The lowest BCUT2D eigenvalue weighted by Crippen LogP contribution is -2.21. The molecular formula is C16H15ClFN3O3S. The maximum absolute atomic E-state index is 13.0. The zero-order valence-electron chi connectivity index (χ0n) is 13.2. The Morgan fingerprint density at radius 2 is 1.80 bits per heavy atom. The number of nitrogens with zero attached hydrogens (tertiary/aromatic N) is 1. The molecule has 0 aliphatic carbocycles. The van der Waals surface area contributed by atoms with Crippen LogP contribution >= 0.6 is 11.6 Å². The zero-order valence-corrected chi connectivity index (χ0v) is 14.7. The van der Waals surface area contributed by atoms with Crippen LogP contribution in [0.5, 0.6) is 0 Å². The molecule has 9 heteroatoms. The van der Waals surface area contributed by atoms with Crippen LogP contribution in [0.1, 0.15) is 29.3 Å². The lowest BCUT2D eigenvalue weighted by molar-refractivity contribution is 0.0954. The fourth-order valence-corrected chi connectivity index (χ4v) is 3.11. The Balaban J connectivity index is 2.25. The van der Waals surface area contributed by atoms with E-state index in [0.717, 1.165) is 6.07 Å². The van der Waals surface area contributed by atoms with Gasteiger partial charge < -0.3 is 0 Å². The van der Waals surface area contributed by atoms with Crippen molar-refractivity contribution in [2.45, 2.75) is 18.2 Å². The first kappa shape index (κ1) is 19.0. The summed E-state index contributed by atoms with van der Waals surface area (Å²) in [7, 11) is -4.06. The van der Waals surface area contributed by atoms with Crippen LogP contribution in [0.15, 0.2) is 52.5 Å². The first-order valence-electron chi connectivity index (χ1n) is 7.17. The number of carbonyl (C=O) groups is 1. The molecule has 2 aromatic carbocycles. The number of rotatable bonds is 5. The van der Waals surface area contributed by atoms with Gasteiger partial charge in [-0.25, -0.2) is 23.4 Å². The minimum Gasteiger partial charge on any atom is -0.267 e. The Kier molecular flexibility index (Phi) is 5.89. The predicted octanol–water partition coefficient (Wildman–Crippen LogP) is 2.67. The minimum atomic E-state index is -4.06. The summed E-state index contributed by atoms with van der Waals surface area (Å²) in [4.78, 5) is 11.8. The number of primary sulfonamides is 1. The summed E-state index contributed by atoms with van der Waals surface area (Å²) in [5, 5.41) is 8.99. The van der Waals surface area contributed by atoms with Crippen molar-refractivity contribution in [3.05, 3.63) is 64.4 Å². The SMILES string of the molecule is CC/C(=N/NC(=O)c1ccc(Cl)c(S(N)(=O)=O)c1)c1ccc(F)cc1. The van der Waals surface area contributed by atoms with E-state index < -0.39 is 15.9 Å². The molecule has 25 heavy (non-hydrogen) atoms. The van der Waals surface area contributed by atoms with Crippen LogP contribution in [-0.2, 0) is 10.0 Å². The van der Waals surface area contributed by atoms with E-state index in [2.05, 4.69) is 10.5 Å². The Hall–Kier alpha value is -2.29. The molecule has 0 aliphatic rings. The second kappa shape index (κ2) is 7.73. The number of nitrogens with one attached hydrogen (secondary N) is 1. The van der Waals surface area contributed by atoms with Crippen molar-refractivity contribution in [2.75, 3.05) is 0 Å². The molecular weight excluding hydrogens is 369 g/mol. The van der Waals surface area contributed by atoms with E-state index in [0.29, 0.717) is 17.7 Å². The Morgan fingerprint density at radius 1 is 1.20 bits per heavy atom. The second-order valence-electron chi connectivity index (χ2n) is 5.05. The van der Waals surface area contributed by atoms with Gasteiger partial charge in [0.15, 0.2) is 0 Å². The van der Waals surface area contributed by atoms with E-state index in [4.69, 9.17) is 16.7 Å². The summed E-state index contributed by atoms with van der Waals surface area (Å²) < 4.78 is 35.9. The van der Waals surface area contributed by atoms with Gasteiger partial charge in [-0.2, -0.15) is 5.10 Å². The third kappa shape index (κ3) is 4.85. The van der Waals surface area contributed by atoms with Crippen LogP contribution < -0.4 is 10.6 Å². The average Bonchev–Trinajstić information content (AvgIpc) is 2.56. The smallest absolute Gasteiger partial charge is 0.267 e. The predicted molar refractivity (Wildman–Crippen MR) is 93.5 cm³/mol. The number of hydrazone groups is 1. The number of nitrogens with two attached hydrogens (primary N) is 1. The highest BCUT2D eigenvalue weighted by atomic mass is 35.5. The van der Waals surface area contributed by atoms with Crippen LogP contribution in [0.25, 0.3) is 0 Å². The lowest BCUT2D eigenvalue weighted by atomic mass is 10.1. The molecule has 0 atom stereocenters. The van der Waals surface area contributed by atoms with Gasteiger partial charge in [-0.05, 0) is 42.3 Å². The van der Waals surface area contributed by atoms with E-state index >= 15 is 0 Å². The van der Waals surface area contributed by atoms with Gasteiger partial charge in [-0.15, -0.1) is 0 Å². The quantitative estimate of drug-likeness (QED) is 0.613.